The molecular weight excluding hydrogens is 382 g/mol. The Hall–Kier alpha value is -2.21. The second-order valence-electron chi connectivity index (χ2n) is 7.83. The van der Waals surface area contributed by atoms with Crippen molar-refractivity contribution in [3.63, 3.8) is 0 Å². The third kappa shape index (κ3) is 5.66. The second kappa shape index (κ2) is 10.5. The number of rotatable bonds is 7. The van der Waals surface area contributed by atoms with Gasteiger partial charge >= 0.3 is 0 Å². The first-order valence-electron chi connectivity index (χ1n) is 10.8. The molecule has 1 N–H and O–H groups in total. The molecule has 2 aliphatic rings. The van der Waals surface area contributed by atoms with E-state index in [4.69, 9.17) is 12.2 Å². The van der Waals surface area contributed by atoms with Gasteiger partial charge in [0.05, 0.1) is 0 Å². The Morgan fingerprint density at radius 1 is 1.00 bits per heavy atom. The van der Waals surface area contributed by atoms with Crippen LogP contribution < -0.4 is 10.2 Å². The first-order valence-corrected chi connectivity index (χ1v) is 11.2. The van der Waals surface area contributed by atoms with E-state index in [1.165, 1.54) is 36.3 Å². The van der Waals surface area contributed by atoms with Gasteiger partial charge < -0.3 is 4.90 Å². The van der Waals surface area contributed by atoms with Crippen molar-refractivity contribution in [3.8, 4) is 0 Å². The third-order valence-electron chi connectivity index (χ3n) is 5.60. The first-order chi connectivity index (χ1) is 14.1. The van der Waals surface area contributed by atoms with E-state index in [-0.39, 0.29) is 16.6 Å². The molecule has 1 aromatic carbocycles. The number of hydrogen-bond donors (Lipinski definition) is 1. The van der Waals surface area contributed by atoms with E-state index in [0.29, 0.717) is 6.54 Å². The Balaban J connectivity index is 1.70. The number of carbonyl (C=O) groups is 2. The van der Waals surface area contributed by atoms with Crippen LogP contribution in [-0.4, -0.2) is 41.5 Å². The Kier molecular flexibility index (Phi) is 7.81. The van der Waals surface area contributed by atoms with Crippen molar-refractivity contribution in [1.29, 1.82) is 0 Å². The molecule has 0 atom stereocenters. The molecule has 5 nitrogen and oxygen atoms in total. The molecule has 2 amide bonds. The normalized spacial score (nSPS) is 19.5. The van der Waals surface area contributed by atoms with E-state index in [9.17, 15) is 9.59 Å². The standard InChI is InChI=1S/C23H31N3O2S/c1-2-3-4-9-16-26-22(28)20(21(27)24-23(26)29)17-18-10-12-19(13-11-18)25-14-7-5-6-8-15-25/h10-13,17H,2-9,14-16H2,1H3,(H,24,27,29)/b20-17-. The van der Waals surface area contributed by atoms with Crippen LogP contribution >= 0.6 is 12.2 Å². The maximum absolute atomic E-state index is 12.9. The van der Waals surface area contributed by atoms with Gasteiger partial charge in [-0.25, -0.2) is 0 Å². The summed E-state index contributed by atoms with van der Waals surface area (Å²) in [6.07, 6.45) is 10.9. The largest absolute Gasteiger partial charge is 0.372 e. The Morgan fingerprint density at radius 3 is 2.34 bits per heavy atom. The van der Waals surface area contributed by atoms with Gasteiger partial charge in [0.25, 0.3) is 11.8 Å². The highest BCUT2D eigenvalue weighted by Gasteiger charge is 2.32. The van der Waals surface area contributed by atoms with Crippen LogP contribution in [0.1, 0.15) is 63.9 Å². The van der Waals surface area contributed by atoms with Crippen molar-refractivity contribution in [2.45, 2.75) is 58.3 Å². The van der Waals surface area contributed by atoms with Crippen molar-refractivity contribution in [1.82, 2.24) is 10.2 Å². The lowest BCUT2D eigenvalue weighted by Gasteiger charge is -2.29. The zero-order valence-corrected chi connectivity index (χ0v) is 18.1. The van der Waals surface area contributed by atoms with Gasteiger partial charge in [-0.3, -0.25) is 19.8 Å². The minimum atomic E-state index is -0.415. The highest BCUT2D eigenvalue weighted by molar-refractivity contribution is 7.80. The summed E-state index contributed by atoms with van der Waals surface area (Å²) in [6.45, 7) is 4.87. The second-order valence-corrected chi connectivity index (χ2v) is 8.21. The Bertz CT molecular complexity index is 765. The van der Waals surface area contributed by atoms with E-state index in [2.05, 4.69) is 29.3 Å². The summed E-state index contributed by atoms with van der Waals surface area (Å²) in [4.78, 5) is 29.2. The number of anilines is 1. The topological polar surface area (TPSA) is 52.7 Å². The SMILES string of the molecule is CCCCCCN1C(=O)/C(=C\c2ccc(N3CCCCCC3)cc2)C(=O)NC1=S. The van der Waals surface area contributed by atoms with Crippen molar-refractivity contribution in [2.75, 3.05) is 24.5 Å². The fourth-order valence-electron chi connectivity index (χ4n) is 3.87. The average Bonchev–Trinajstić information content (AvgIpc) is 3.00. The predicted molar refractivity (Wildman–Crippen MR) is 122 cm³/mol. The zero-order chi connectivity index (χ0) is 20.6. The molecule has 0 saturated carbocycles. The molecule has 2 heterocycles. The summed E-state index contributed by atoms with van der Waals surface area (Å²) >= 11 is 5.22. The quantitative estimate of drug-likeness (QED) is 0.314. The number of nitrogens with zero attached hydrogens (tertiary/aromatic N) is 2. The van der Waals surface area contributed by atoms with Gasteiger partial charge in [0, 0.05) is 25.3 Å². The van der Waals surface area contributed by atoms with Gasteiger partial charge in [0.2, 0.25) is 0 Å². The van der Waals surface area contributed by atoms with E-state index in [1.807, 2.05) is 12.1 Å². The molecule has 0 unspecified atom stereocenters. The van der Waals surface area contributed by atoms with Crippen molar-refractivity contribution in [3.05, 3.63) is 35.4 Å². The highest BCUT2D eigenvalue weighted by atomic mass is 32.1. The lowest BCUT2D eigenvalue weighted by molar-refractivity contribution is -0.128. The Morgan fingerprint density at radius 2 is 1.69 bits per heavy atom. The minimum absolute atomic E-state index is 0.150. The smallest absolute Gasteiger partial charge is 0.265 e. The van der Waals surface area contributed by atoms with Crippen LogP contribution in [0.3, 0.4) is 0 Å². The van der Waals surface area contributed by atoms with Crippen molar-refractivity contribution in [2.24, 2.45) is 0 Å². The van der Waals surface area contributed by atoms with Gasteiger partial charge in [0.1, 0.15) is 5.57 Å². The van der Waals surface area contributed by atoms with E-state index in [1.54, 1.807) is 6.08 Å². The molecule has 0 radical (unpaired) electrons. The van der Waals surface area contributed by atoms with Crippen molar-refractivity contribution >= 4 is 40.9 Å². The predicted octanol–water partition coefficient (Wildman–Crippen LogP) is 4.27. The lowest BCUT2D eigenvalue weighted by atomic mass is 10.1. The molecule has 0 aromatic heterocycles. The first kappa shape index (κ1) is 21.5. The lowest BCUT2D eigenvalue weighted by Crippen LogP contribution is -2.54. The van der Waals surface area contributed by atoms with Crippen molar-refractivity contribution < 1.29 is 9.59 Å². The van der Waals surface area contributed by atoms with Crippen LogP contribution in [0.5, 0.6) is 0 Å². The van der Waals surface area contributed by atoms with Crippen LogP contribution in [0, 0.1) is 0 Å². The summed E-state index contributed by atoms with van der Waals surface area (Å²) in [5, 5.41) is 2.88. The fourth-order valence-corrected chi connectivity index (χ4v) is 4.14. The minimum Gasteiger partial charge on any atom is -0.372 e. The number of unbranched alkanes of at least 4 members (excludes halogenated alkanes) is 3. The number of amides is 2. The number of thiocarbonyl (C=S) groups is 1. The zero-order valence-electron chi connectivity index (χ0n) is 17.3. The van der Waals surface area contributed by atoms with Crippen LogP contribution in [0.25, 0.3) is 6.08 Å². The monoisotopic (exact) mass is 413 g/mol. The van der Waals surface area contributed by atoms with E-state index >= 15 is 0 Å². The van der Waals surface area contributed by atoms with Crippen LogP contribution in [0.15, 0.2) is 29.8 Å². The molecule has 29 heavy (non-hydrogen) atoms. The molecule has 0 aliphatic carbocycles. The van der Waals surface area contributed by atoms with E-state index < -0.39 is 5.91 Å². The third-order valence-corrected chi connectivity index (χ3v) is 5.92. The maximum Gasteiger partial charge on any atom is 0.265 e. The van der Waals surface area contributed by atoms with Crippen LogP contribution in [0.4, 0.5) is 5.69 Å². The molecule has 2 fully saturated rings. The average molecular weight is 414 g/mol. The molecule has 2 saturated heterocycles. The van der Waals surface area contributed by atoms with Gasteiger partial charge in [-0.05, 0) is 55.3 Å². The molecule has 2 aliphatic heterocycles. The summed E-state index contributed by atoms with van der Waals surface area (Å²) in [5.41, 5.74) is 2.20. The van der Waals surface area contributed by atoms with Crippen LogP contribution in [0.2, 0.25) is 0 Å². The van der Waals surface area contributed by atoms with Gasteiger partial charge in [-0.1, -0.05) is 51.2 Å². The number of hydrogen-bond acceptors (Lipinski definition) is 4. The highest BCUT2D eigenvalue weighted by Crippen LogP contribution is 2.22. The van der Waals surface area contributed by atoms with Gasteiger partial charge in [0.15, 0.2) is 5.11 Å². The maximum atomic E-state index is 12.9. The van der Waals surface area contributed by atoms with Crippen LogP contribution in [-0.2, 0) is 9.59 Å². The molecule has 3 rings (SSSR count). The summed E-state index contributed by atoms with van der Waals surface area (Å²) in [6, 6.07) is 8.12. The number of nitrogens with one attached hydrogen (secondary N) is 1. The summed E-state index contributed by atoms with van der Waals surface area (Å²) < 4.78 is 0. The fraction of sp³-hybridized carbons (Fsp3) is 0.522. The molecule has 0 spiro atoms. The number of carbonyl (C=O) groups excluding carboxylic acids is 2. The molecular formula is C23H31N3O2S. The molecule has 156 valence electrons. The molecule has 1 aromatic rings. The molecule has 6 heteroatoms. The van der Waals surface area contributed by atoms with Gasteiger partial charge in [-0.2, -0.15) is 0 Å². The number of benzene rings is 1. The summed E-state index contributed by atoms with van der Waals surface area (Å²) in [7, 11) is 0. The van der Waals surface area contributed by atoms with Gasteiger partial charge in [-0.15, -0.1) is 0 Å². The summed E-state index contributed by atoms with van der Waals surface area (Å²) in [5.74, 6) is -0.715. The van der Waals surface area contributed by atoms with E-state index in [0.717, 1.165) is 44.3 Å². The molecule has 0 bridgehead atoms. The Labute approximate surface area is 179 Å².